The maximum atomic E-state index is 13.2. The maximum absolute atomic E-state index is 13.2. The third-order valence-electron chi connectivity index (χ3n) is 5.64. The van der Waals surface area contributed by atoms with Gasteiger partial charge >= 0.3 is 0 Å². The van der Waals surface area contributed by atoms with Crippen LogP contribution in [-0.2, 0) is 9.59 Å². The van der Waals surface area contributed by atoms with Crippen LogP contribution in [0.4, 0.5) is 5.69 Å². The Labute approximate surface area is 177 Å². The second-order valence-corrected chi connectivity index (χ2v) is 7.91. The maximum Gasteiger partial charge on any atom is 0.232 e. The van der Waals surface area contributed by atoms with Crippen LogP contribution < -0.4 is 10.2 Å². The van der Waals surface area contributed by atoms with Gasteiger partial charge in [-0.05, 0) is 30.2 Å². The van der Waals surface area contributed by atoms with Crippen molar-refractivity contribution in [3.05, 3.63) is 102 Å². The quantitative estimate of drug-likeness (QED) is 0.673. The molecule has 3 aromatic rings. The topological polar surface area (TPSA) is 49.4 Å². The second kappa shape index (κ2) is 8.95. The van der Waals surface area contributed by atoms with Gasteiger partial charge in [-0.2, -0.15) is 0 Å². The van der Waals surface area contributed by atoms with Crippen molar-refractivity contribution in [3.8, 4) is 0 Å². The Morgan fingerprint density at radius 3 is 2.07 bits per heavy atom. The van der Waals surface area contributed by atoms with Crippen molar-refractivity contribution in [1.29, 1.82) is 0 Å². The summed E-state index contributed by atoms with van der Waals surface area (Å²) in [7, 11) is 0. The highest BCUT2D eigenvalue weighted by Gasteiger charge is 2.31. The molecular formula is C26H26N2O2. The molecule has 0 spiro atoms. The fraction of sp³-hybridized carbons (Fsp3) is 0.231. The number of benzene rings is 3. The van der Waals surface area contributed by atoms with Crippen molar-refractivity contribution in [2.45, 2.75) is 19.3 Å². The van der Waals surface area contributed by atoms with E-state index in [2.05, 4.69) is 5.32 Å². The Kier molecular flexibility index (Phi) is 5.94. The molecule has 0 bridgehead atoms. The van der Waals surface area contributed by atoms with Crippen molar-refractivity contribution in [1.82, 2.24) is 5.32 Å². The lowest BCUT2D eigenvalue weighted by Gasteiger charge is -2.20. The van der Waals surface area contributed by atoms with Gasteiger partial charge < -0.3 is 10.2 Å². The van der Waals surface area contributed by atoms with Crippen LogP contribution in [0.1, 0.15) is 29.0 Å². The second-order valence-electron chi connectivity index (χ2n) is 7.91. The van der Waals surface area contributed by atoms with Gasteiger partial charge in [0.2, 0.25) is 11.8 Å². The molecule has 1 saturated heterocycles. The highest BCUT2D eigenvalue weighted by atomic mass is 16.2. The minimum atomic E-state index is -0.363. The van der Waals surface area contributed by atoms with E-state index in [0.717, 1.165) is 16.8 Å². The lowest BCUT2D eigenvalue weighted by atomic mass is 9.90. The van der Waals surface area contributed by atoms with Gasteiger partial charge in [-0.15, -0.1) is 0 Å². The number of carbonyl (C=O) groups is 2. The van der Waals surface area contributed by atoms with Crippen LogP contribution in [0.25, 0.3) is 0 Å². The van der Waals surface area contributed by atoms with Gasteiger partial charge in [-0.1, -0.05) is 78.4 Å². The first-order valence-corrected chi connectivity index (χ1v) is 10.4. The van der Waals surface area contributed by atoms with Gasteiger partial charge in [0.1, 0.15) is 0 Å². The van der Waals surface area contributed by atoms with Crippen molar-refractivity contribution in [2.24, 2.45) is 5.92 Å². The zero-order valence-electron chi connectivity index (χ0n) is 17.1. The number of nitrogens with one attached hydrogen (secondary N) is 1. The van der Waals surface area contributed by atoms with Crippen LogP contribution >= 0.6 is 0 Å². The molecule has 0 aromatic heterocycles. The molecular weight excluding hydrogens is 372 g/mol. The summed E-state index contributed by atoms with van der Waals surface area (Å²) < 4.78 is 0. The van der Waals surface area contributed by atoms with Crippen LogP contribution in [0.3, 0.4) is 0 Å². The fourth-order valence-electron chi connectivity index (χ4n) is 4.03. The minimum absolute atomic E-state index is 0.0337. The number of nitrogens with zero attached hydrogens (tertiary/aromatic N) is 1. The molecule has 30 heavy (non-hydrogen) atoms. The van der Waals surface area contributed by atoms with E-state index in [1.807, 2.05) is 96.8 Å². The highest BCUT2D eigenvalue weighted by Crippen LogP contribution is 2.27. The Hall–Kier alpha value is -3.40. The first kappa shape index (κ1) is 19.9. The Morgan fingerprint density at radius 2 is 1.50 bits per heavy atom. The summed E-state index contributed by atoms with van der Waals surface area (Å²) in [5, 5.41) is 3.11. The van der Waals surface area contributed by atoms with Gasteiger partial charge in [0.05, 0.1) is 5.92 Å². The number of hydrogen-bond donors (Lipinski definition) is 1. The van der Waals surface area contributed by atoms with Gasteiger partial charge in [-0.3, -0.25) is 9.59 Å². The average molecular weight is 399 g/mol. The summed E-state index contributed by atoms with van der Waals surface area (Å²) in [5.74, 6) is -0.179. The summed E-state index contributed by atoms with van der Waals surface area (Å²) >= 11 is 0. The van der Waals surface area contributed by atoms with E-state index in [0.29, 0.717) is 19.5 Å². The SMILES string of the molecule is Cc1ccc(N2CC(CNC(=O)C(c3ccccc3)c3ccccc3)CC2=O)cc1. The van der Waals surface area contributed by atoms with Gasteiger partial charge in [0.15, 0.2) is 0 Å². The summed E-state index contributed by atoms with van der Waals surface area (Å²) in [6.45, 7) is 3.15. The fourth-order valence-corrected chi connectivity index (χ4v) is 4.03. The summed E-state index contributed by atoms with van der Waals surface area (Å²) in [5.41, 5.74) is 4.02. The first-order chi connectivity index (χ1) is 14.6. The van der Waals surface area contributed by atoms with Crippen molar-refractivity contribution in [2.75, 3.05) is 18.0 Å². The highest BCUT2D eigenvalue weighted by molar-refractivity contribution is 5.96. The number of rotatable bonds is 6. The molecule has 1 atom stereocenters. The Balaban J connectivity index is 1.44. The molecule has 0 aliphatic carbocycles. The predicted octanol–water partition coefficient (Wildman–Crippen LogP) is 4.30. The van der Waals surface area contributed by atoms with Crippen molar-refractivity contribution < 1.29 is 9.59 Å². The van der Waals surface area contributed by atoms with Crippen LogP contribution in [0.15, 0.2) is 84.9 Å². The molecule has 1 aliphatic heterocycles. The van der Waals surface area contributed by atoms with E-state index < -0.39 is 0 Å². The summed E-state index contributed by atoms with van der Waals surface area (Å²) in [6, 6.07) is 27.6. The molecule has 3 aromatic carbocycles. The standard InChI is InChI=1S/C26H26N2O2/c1-19-12-14-23(15-13-19)28-18-20(16-24(28)29)17-27-26(30)25(21-8-4-2-5-9-21)22-10-6-3-7-11-22/h2-15,20,25H,16-18H2,1H3,(H,27,30). The van der Waals surface area contributed by atoms with E-state index in [1.165, 1.54) is 5.56 Å². The lowest BCUT2D eigenvalue weighted by Crippen LogP contribution is -2.35. The van der Waals surface area contributed by atoms with Crippen molar-refractivity contribution in [3.63, 3.8) is 0 Å². The van der Waals surface area contributed by atoms with Crippen molar-refractivity contribution >= 4 is 17.5 Å². The van der Waals surface area contributed by atoms with E-state index in [9.17, 15) is 9.59 Å². The van der Waals surface area contributed by atoms with Gasteiger partial charge in [-0.25, -0.2) is 0 Å². The van der Waals surface area contributed by atoms with Gasteiger partial charge in [0.25, 0.3) is 0 Å². The first-order valence-electron chi connectivity index (χ1n) is 10.4. The van der Waals surface area contributed by atoms with E-state index in [-0.39, 0.29) is 23.7 Å². The number of amides is 2. The Bertz CT molecular complexity index is 961. The molecule has 1 aliphatic rings. The Morgan fingerprint density at radius 1 is 0.933 bits per heavy atom. The van der Waals surface area contributed by atoms with Crippen LogP contribution in [0.2, 0.25) is 0 Å². The molecule has 2 amide bonds. The third kappa shape index (κ3) is 4.43. The number of hydrogen-bond acceptors (Lipinski definition) is 2. The summed E-state index contributed by atoms with van der Waals surface area (Å²) in [4.78, 5) is 27.5. The minimum Gasteiger partial charge on any atom is -0.355 e. The van der Waals surface area contributed by atoms with Gasteiger partial charge in [0, 0.05) is 31.1 Å². The molecule has 4 heteroatoms. The normalized spacial score (nSPS) is 16.1. The predicted molar refractivity (Wildman–Crippen MR) is 119 cm³/mol. The van der Waals surface area contributed by atoms with E-state index in [4.69, 9.17) is 0 Å². The molecule has 1 fully saturated rings. The molecule has 1 heterocycles. The number of anilines is 1. The molecule has 4 nitrogen and oxygen atoms in total. The molecule has 1 unspecified atom stereocenters. The number of aryl methyl sites for hydroxylation is 1. The summed E-state index contributed by atoms with van der Waals surface area (Å²) in [6.07, 6.45) is 0.454. The largest absolute Gasteiger partial charge is 0.355 e. The van der Waals surface area contributed by atoms with Crippen LogP contribution in [-0.4, -0.2) is 24.9 Å². The lowest BCUT2D eigenvalue weighted by molar-refractivity contribution is -0.122. The zero-order chi connectivity index (χ0) is 20.9. The third-order valence-corrected chi connectivity index (χ3v) is 5.64. The molecule has 1 N–H and O–H groups in total. The molecule has 0 saturated carbocycles. The smallest absolute Gasteiger partial charge is 0.232 e. The number of carbonyl (C=O) groups excluding carboxylic acids is 2. The van der Waals surface area contributed by atoms with Crippen LogP contribution in [0, 0.1) is 12.8 Å². The molecule has 4 rings (SSSR count). The molecule has 0 radical (unpaired) electrons. The van der Waals surface area contributed by atoms with E-state index >= 15 is 0 Å². The van der Waals surface area contributed by atoms with E-state index in [1.54, 1.807) is 0 Å². The molecule has 152 valence electrons. The monoisotopic (exact) mass is 398 g/mol. The average Bonchev–Trinajstić information content (AvgIpc) is 3.15. The zero-order valence-corrected chi connectivity index (χ0v) is 17.1. The van der Waals surface area contributed by atoms with Crippen LogP contribution in [0.5, 0.6) is 0 Å².